The minimum atomic E-state index is -0.143. The number of nitrogens with zero attached hydrogens (tertiary/aromatic N) is 1. The lowest BCUT2D eigenvalue weighted by Crippen LogP contribution is -2.30. The molecule has 28 heavy (non-hydrogen) atoms. The maximum Gasteiger partial charge on any atom is 0.253 e. The van der Waals surface area contributed by atoms with Crippen molar-refractivity contribution in [2.24, 2.45) is 0 Å². The van der Waals surface area contributed by atoms with Crippen molar-refractivity contribution in [2.45, 2.75) is 13.8 Å². The molecule has 0 atom stereocenters. The average molecular weight is 375 g/mol. The standard InChI is InChI=1S/C23H25N3O2/c1-3-26(4-2)23(28)18-12-14-19(15-13-18)25-22(27)16-24-21-11-7-9-17-8-5-6-10-20(17)21/h5-15,24H,3-4,16H2,1-2H3,(H,25,27). The van der Waals surface area contributed by atoms with Gasteiger partial charge in [-0.1, -0.05) is 36.4 Å². The molecular weight excluding hydrogens is 350 g/mol. The summed E-state index contributed by atoms with van der Waals surface area (Å²) in [5, 5.41) is 8.26. The Labute approximate surface area is 165 Å². The van der Waals surface area contributed by atoms with E-state index in [1.54, 1.807) is 29.2 Å². The lowest BCUT2D eigenvalue weighted by Gasteiger charge is -2.18. The molecule has 0 saturated carbocycles. The van der Waals surface area contributed by atoms with Gasteiger partial charge in [0.2, 0.25) is 5.91 Å². The van der Waals surface area contributed by atoms with Gasteiger partial charge in [0.1, 0.15) is 0 Å². The fourth-order valence-corrected chi connectivity index (χ4v) is 3.15. The highest BCUT2D eigenvalue weighted by atomic mass is 16.2. The minimum Gasteiger partial charge on any atom is -0.376 e. The zero-order chi connectivity index (χ0) is 19.9. The van der Waals surface area contributed by atoms with Crippen LogP contribution in [-0.2, 0) is 4.79 Å². The van der Waals surface area contributed by atoms with E-state index >= 15 is 0 Å². The van der Waals surface area contributed by atoms with Crippen LogP contribution in [0.2, 0.25) is 0 Å². The van der Waals surface area contributed by atoms with Crippen LogP contribution in [0, 0.1) is 0 Å². The van der Waals surface area contributed by atoms with Crippen LogP contribution in [0.25, 0.3) is 10.8 Å². The summed E-state index contributed by atoms with van der Waals surface area (Å²) in [6.45, 7) is 5.42. The molecule has 5 heteroatoms. The molecular formula is C23H25N3O2. The third kappa shape index (κ3) is 4.49. The molecule has 0 saturated heterocycles. The molecule has 2 amide bonds. The van der Waals surface area contributed by atoms with E-state index in [1.807, 2.05) is 56.3 Å². The normalized spacial score (nSPS) is 10.5. The Kier molecular flexibility index (Phi) is 6.27. The summed E-state index contributed by atoms with van der Waals surface area (Å²) in [4.78, 5) is 26.4. The van der Waals surface area contributed by atoms with Crippen LogP contribution in [0.1, 0.15) is 24.2 Å². The Bertz CT molecular complexity index is 958. The van der Waals surface area contributed by atoms with Gasteiger partial charge in [-0.25, -0.2) is 0 Å². The van der Waals surface area contributed by atoms with E-state index in [2.05, 4.69) is 10.6 Å². The summed E-state index contributed by atoms with van der Waals surface area (Å²) in [5.74, 6) is -0.142. The van der Waals surface area contributed by atoms with E-state index in [-0.39, 0.29) is 18.4 Å². The second-order valence-corrected chi connectivity index (χ2v) is 6.48. The molecule has 2 N–H and O–H groups in total. The Morgan fingerprint density at radius 1 is 0.857 bits per heavy atom. The van der Waals surface area contributed by atoms with Crippen molar-refractivity contribution in [1.29, 1.82) is 0 Å². The van der Waals surface area contributed by atoms with Crippen LogP contribution < -0.4 is 10.6 Å². The summed E-state index contributed by atoms with van der Waals surface area (Å²) in [7, 11) is 0. The van der Waals surface area contributed by atoms with Gasteiger partial charge < -0.3 is 15.5 Å². The fourth-order valence-electron chi connectivity index (χ4n) is 3.15. The number of benzene rings is 3. The largest absolute Gasteiger partial charge is 0.376 e. The van der Waals surface area contributed by atoms with Gasteiger partial charge in [0.05, 0.1) is 6.54 Å². The molecule has 3 rings (SSSR count). The zero-order valence-electron chi connectivity index (χ0n) is 16.2. The molecule has 0 unspecified atom stereocenters. The minimum absolute atomic E-state index is 0.000462. The lowest BCUT2D eigenvalue weighted by atomic mass is 10.1. The Morgan fingerprint density at radius 2 is 1.54 bits per heavy atom. The predicted octanol–water partition coefficient (Wildman–Crippen LogP) is 4.37. The average Bonchev–Trinajstić information content (AvgIpc) is 2.73. The summed E-state index contributed by atoms with van der Waals surface area (Å²) < 4.78 is 0. The molecule has 144 valence electrons. The van der Waals surface area contributed by atoms with Crippen LogP contribution in [0.3, 0.4) is 0 Å². The van der Waals surface area contributed by atoms with Gasteiger partial charge in [-0.3, -0.25) is 9.59 Å². The van der Waals surface area contributed by atoms with Crippen molar-refractivity contribution in [3.63, 3.8) is 0 Å². The van der Waals surface area contributed by atoms with Gasteiger partial charge in [-0.05, 0) is 49.6 Å². The maximum atomic E-state index is 12.3. The summed E-state index contributed by atoms with van der Waals surface area (Å²) in [5.41, 5.74) is 2.21. The Morgan fingerprint density at radius 3 is 2.25 bits per heavy atom. The van der Waals surface area contributed by atoms with Crippen LogP contribution in [0.15, 0.2) is 66.7 Å². The van der Waals surface area contributed by atoms with Crippen molar-refractivity contribution in [3.05, 3.63) is 72.3 Å². The Hall–Kier alpha value is -3.34. The number of nitrogens with one attached hydrogen (secondary N) is 2. The SMILES string of the molecule is CCN(CC)C(=O)c1ccc(NC(=O)CNc2cccc3ccccc23)cc1. The zero-order valence-corrected chi connectivity index (χ0v) is 16.2. The van der Waals surface area contributed by atoms with E-state index in [4.69, 9.17) is 0 Å². The highest BCUT2D eigenvalue weighted by molar-refractivity contribution is 5.98. The van der Waals surface area contributed by atoms with Gasteiger partial charge in [0, 0.05) is 35.4 Å². The first kappa shape index (κ1) is 19.4. The lowest BCUT2D eigenvalue weighted by molar-refractivity contribution is -0.114. The second kappa shape index (κ2) is 9.04. The third-order valence-electron chi connectivity index (χ3n) is 4.70. The van der Waals surface area contributed by atoms with Crippen LogP contribution in [0.4, 0.5) is 11.4 Å². The van der Waals surface area contributed by atoms with Crippen LogP contribution in [-0.4, -0.2) is 36.3 Å². The summed E-state index contributed by atoms with van der Waals surface area (Å²) in [6, 6.07) is 21.0. The molecule has 0 aliphatic heterocycles. The van der Waals surface area contributed by atoms with Crippen molar-refractivity contribution in [2.75, 3.05) is 30.3 Å². The molecule has 0 bridgehead atoms. The van der Waals surface area contributed by atoms with E-state index in [0.717, 1.165) is 16.5 Å². The van der Waals surface area contributed by atoms with Gasteiger partial charge in [-0.15, -0.1) is 0 Å². The smallest absolute Gasteiger partial charge is 0.253 e. The molecule has 0 radical (unpaired) electrons. The fraction of sp³-hybridized carbons (Fsp3) is 0.217. The molecule has 0 aromatic heterocycles. The number of rotatable bonds is 7. The number of anilines is 2. The topological polar surface area (TPSA) is 61.4 Å². The molecule has 5 nitrogen and oxygen atoms in total. The number of amides is 2. The van der Waals surface area contributed by atoms with Crippen molar-refractivity contribution in [1.82, 2.24) is 4.90 Å². The monoisotopic (exact) mass is 375 g/mol. The van der Waals surface area contributed by atoms with Gasteiger partial charge in [-0.2, -0.15) is 0 Å². The van der Waals surface area contributed by atoms with Crippen molar-refractivity contribution >= 4 is 34.0 Å². The van der Waals surface area contributed by atoms with Crippen molar-refractivity contribution < 1.29 is 9.59 Å². The van der Waals surface area contributed by atoms with E-state index in [9.17, 15) is 9.59 Å². The van der Waals surface area contributed by atoms with Crippen LogP contribution in [0.5, 0.6) is 0 Å². The predicted molar refractivity (Wildman–Crippen MR) is 115 cm³/mol. The molecule has 0 aliphatic carbocycles. The Balaban J connectivity index is 1.60. The van der Waals surface area contributed by atoms with Crippen molar-refractivity contribution in [3.8, 4) is 0 Å². The number of carbonyl (C=O) groups is 2. The highest BCUT2D eigenvalue weighted by Crippen LogP contribution is 2.22. The number of carbonyl (C=O) groups excluding carboxylic acids is 2. The molecule has 0 fully saturated rings. The number of fused-ring (bicyclic) bond motifs is 1. The molecule has 0 heterocycles. The van der Waals surface area contributed by atoms with Crippen LogP contribution >= 0.6 is 0 Å². The van der Waals surface area contributed by atoms with Gasteiger partial charge >= 0.3 is 0 Å². The summed E-state index contributed by atoms with van der Waals surface area (Å²) >= 11 is 0. The quantitative estimate of drug-likeness (QED) is 0.644. The molecule has 3 aromatic carbocycles. The van der Waals surface area contributed by atoms with E-state index in [0.29, 0.717) is 24.3 Å². The molecule has 3 aromatic rings. The van der Waals surface area contributed by atoms with E-state index in [1.165, 1.54) is 0 Å². The molecule has 0 spiro atoms. The third-order valence-corrected chi connectivity index (χ3v) is 4.70. The second-order valence-electron chi connectivity index (χ2n) is 6.48. The van der Waals surface area contributed by atoms with Gasteiger partial charge in [0.25, 0.3) is 5.91 Å². The van der Waals surface area contributed by atoms with Gasteiger partial charge in [0.15, 0.2) is 0 Å². The first-order chi connectivity index (χ1) is 13.6. The molecule has 0 aliphatic rings. The summed E-state index contributed by atoms with van der Waals surface area (Å²) in [6.07, 6.45) is 0. The maximum absolute atomic E-state index is 12.3. The number of hydrogen-bond donors (Lipinski definition) is 2. The number of hydrogen-bond acceptors (Lipinski definition) is 3. The highest BCUT2D eigenvalue weighted by Gasteiger charge is 2.12. The first-order valence-electron chi connectivity index (χ1n) is 9.53. The van der Waals surface area contributed by atoms with E-state index < -0.39 is 0 Å². The first-order valence-corrected chi connectivity index (χ1v) is 9.53.